The zero-order valence-electron chi connectivity index (χ0n) is 14.9. The largest absolute Gasteiger partial charge is 0.379 e. The number of rotatable bonds is 4. The Kier molecular flexibility index (Phi) is 5.02. The Morgan fingerprint density at radius 2 is 1.71 bits per heavy atom. The van der Waals surface area contributed by atoms with E-state index < -0.39 is 0 Å². The van der Waals surface area contributed by atoms with Crippen LogP contribution in [0.1, 0.15) is 30.9 Å². The summed E-state index contributed by atoms with van der Waals surface area (Å²) in [4.78, 5) is 5.18. The van der Waals surface area contributed by atoms with Crippen LogP contribution in [0.15, 0.2) is 35.9 Å². The molecule has 130 valence electrons. The Hall–Kier alpha value is -1.16. The van der Waals surface area contributed by atoms with Crippen LogP contribution in [-0.4, -0.2) is 49.2 Å². The third-order valence-electron chi connectivity index (χ3n) is 5.91. The predicted molar refractivity (Wildman–Crippen MR) is 97.8 cm³/mol. The molecular formula is C21H30N2O. The van der Waals surface area contributed by atoms with Gasteiger partial charge >= 0.3 is 0 Å². The number of ether oxygens (including phenoxy) is 1. The van der Waals surface area contributed by atoms with Gasteiger partial charge in [-0.3, -0.25) is 9.80 Å². The first-order valence-electron chi connectivity index (χ1n) is 9.52. The zero-order valence-corrected chi connectivity index (χ0v) is 14.9. The molecule has 2 atom stereocenters. The molecule has 0 unspecified atom stereocenters. The molecule has 1 aromatic rings. The van der Waals surface area contributed by atoms with Gasteiger partial charge in [0.1, 0.15) is 0 Å². The number of fused-ring (bicyclic) bond motifs is 1. The standard InChI is InChI=1S/C21H30N2O/c1-17-5-6-20-15-23(16-21(20)11-17)14-19-4-2-3-18(12-19)13-22-7-9-24-10-8-22/h2-5,12,20-21H,6-11,13-16H2,1H3/t20-,21+/m1/s1. The van der Waals surface area contributed by atoms with Crippen molar-refractivity contribution in [1.82, 2.24) is 9.80 Å². The van der Waals surface area contributed by atoms with E-state index in [2.05, 4.69) is 47.1 Å². The van der Waals surface area contributed by atoms with Crippen LogP contribution in [0.2, 0.25) is 0 Å². The van der Waals surface area contributed by atoms with Gasteiger partial charge in [-0.1, -0.05) is 35.9 Å². The van der Waals surface area contributed by atoms with E-state index in [-0.39, 0.29) is 0 Å². The molecular weight excluding hydrogens is 296 g/mol. The molecule has 0 radical (unpaired) electrons. The molecule has 0 bridgehead atoms. The van der Waals surface area contributed by atoms with E-state index in [0.29, 0.717) is 0 Å². The molecule has 3 heteroatoms. The Morgan fingerprint density at radius 3 is 2.50 bits per heavy atom. The number of hydrogen-bond acceptors (Lipinski definition) is 3. The second-order valence-electron chi connectivity index (χ2n) is 7.91. The average molecular weight is 326 g/mol. The van der Waals surface area contributed by atoms with Crippen molar-refractivity contribution in [3.05, 3.63) is 47.0 Å². The van der Waals surface area contributed by atoms with Gasteiger partial charge in [-0.05, 0) is 42.7 Å². The van der Waals surface area contributed by atoms with Gasteiger partial charge in [-0.2, -0.15) is 0 Å². The Morgan fingerprint density at radius 1 is 1.00 bits per heavy atom. The lowest BCUT2D eigenvalue weighted by Crippen LogP contribution is -2.35. The molecule has 2 fully saturated rings. The lowest BCUT2D eigenvalue weighted by atomic mass is 9.83. The molecule has 0 aromatic heterocycles. The normalized spacial score (nSPS) is 28.6. The molecule has 2 saturated heterocycles. The zero-order chi connectivity index (χ0) is 16.4. The summed E-state index contributed by atoms with van der Waals surface area (Å²) in [6.07, 6.45) is 5.08. The molecule has 1 aliphatic carbocycles. The Balaban J connectivity index is 1.34. The topological polar surface area (TPSA) is 15.7 Å². The highest BCUT2D eigenvalue weighted by molar-refractivity contribution is 5.24. The van der Waals surface area contributed by atoms with Crippen LogP contribution < -0.4 is 0 Å². The van der Waals surface area contributed by atoms with E-state index in [0.717, 1.165) is 51.2 Å². The fourth-order valence-electron chi connectivity index (χ4n) is 4.61. The van der Waals surface area contributed by atoms with Crippen LogP contribution >= 0.6 is 0 Å². The van der Waals surface area contributed by atoms with E-state index in [1.165, 1.54) is 37.1 Å². The molecule has 0 spiro atoms. The van der Waals surface area contributed by atoms with Crippen LogP contribution in [0.3, 0.4) is 0 Å². The van der Waals surface area contributed by atoms with Crippen molar-refractivity contribution in [2.75, 3.05) is 39.4 Å². The number of allylic oxidation sites excluding steroid dienone is 2. The van der Waals surface area contributed by atoms with Crippen LogP contribution in [0.4, 0.5) is 0 Å². The van der Waals surface area contributed by atoms with Crippen molar-refractivity contribution >= 4 is 0 Å². The van der Waals surface area contributed by atoms with Gasteiger partial charge in [0.2, 0.25) is 0 Å². The van der Waals surface area contributed by atoms with Gasteiger partial charge in [-0.25, -0.2) is 0 Å². The number of likely N-dealkylation sites (tertiary alicyclic amines) is 1. The second kappa shape index (κ2) is 7.38. The van der Waals surface area contributed by atoms with Gasteiger partial charge in [0.15, 0.2) is 0 Å². The maximum atomic E-state index is 5.45. The number of nitrogens with zero attached hydrogens (tertiary/aromatic N) is 2. The number of hydrogen-bond donors (Lipinski definition) is 0. The van der Waals surface area contributed by atoms with Gasteiger partial charge in [-0.15, -0.1) is 0 Å². The van der Waals surface area contributed by atoms with Crippen molar-refractivity contribution in [2.45, 2.75) is 32.9 Å². The van der Waals surface area contributed by atoms with Crippen molar-refractivity contribution in [2.24, 2.45) is 11.8 Å². The molecule has 0 amide bonds. The summed E-state index contributed by atoms with van der Waals surface area (Å²) in [7, 11) is 0. The maximum Gasteiger partial charge on any atom is 0.0594 e. The summed E-state index contributed by atoms with van der Waals surface area (Å²) in [5, 5.41) is 0. The van der Waals surface area contributed by atoms with Crippen molar-refractivity contribution < 1.29 is 4.74 Å². The molecule has 3 nitrogen and oxygen atoms in total. The van der Waals surface area contributed by atoms with E-state index >= 15 is 0 Å². The molecule has 2 heterocycles. The highest BCUT2D eigenvalue weighted by Crippen LogP contribution is 2.36. The summed E-state index contributed by atoms with van der Waals surface area (Å²) < 4.78 is 5.45. The van der Waals surface area contributed by atoms with Crippen molar-refractivity contribution in [3.8, 4) is 0 Å². The molecule has 24 heavy (non-hydrogen) atoms. The van der Waals surface area contributed by atoms with E-state index in [1.54, 1.807) is 5.57 Å². The summed E-state index contributed by atoms with van der Waals surface area (Å²) in [5.74, 6) is 1.79. The number of benzene rings is 1. The summed E-state index contributed by atoms with van der Waals surface area (Å²) in [6, 6.07) is 9.23. The predicted octanol–water partition coefficient (Wildman–Crippen LogP) is 3.31. The highest BCUT2D eigenvalue weighted by atomic mass is 16.5. The first-order chi connectivity index (χ1) is 11.8. The van der Waals surface area contributed by atoms with Crippen molar-refractivity contribution in [3.63, 3.8) is 0 Å². The first kappa shape index (κ1) is 16.3. The lowest BCUT2D eigenvalue weighted by Gasteiger charge is -2.26. The minimum atomic E-state index is 0.879. The fraction of sp³-hybridized carbons (Fsp3) is 0.619. The van der Waals surface area contributed by atoms with E-state index in [9.17, 15) is 0 Å². The summed E-state index contributed by atoms with van der Waals surface area (Å²) >= 11 is 0. The van der Waals surface area contributed by atoms with Gasteiger partial charge in [0, 0.05) is 39.3 Å². The molecule has 0 saturated carbocycles. The third-order valence-corrected chi connectivity index (χ3v) is 5.91. The van der Waals surface area contributed by atoms with Crippen molar-refractivity contribution in [1.29, 1.82) is 0 Å². The smallest absolute Gasteiger partial charge is 0.0594 e. The molecule has 2 aliphatic heterocycles. The Labute approximate surface area is 146 Å². The quantitative estimate of drug-likeness (QED) is 0.790. The van der Waals surface area contributed by atoms with Gasteiger partial charge < -0.3 is 4.74 Å². The summed E-state index contributed by atoms with van der Waals surface area (Å²) in [5.41, 5.74) is 4.53. The highest BCUT2D eigenvalue weighted by Gasteiger charge is 2.33. The molecule has 0 N–H and O–H groups in total. The Bertz CT molecular complexity index is 591. The van der Waals surface area contributed by atoms with Gasteiger partial charge in [0.25, 0.3) is 0 Å². The fourth-order valence-corrected chi connectivity index (χ4v) is 4.61. The maximum absolute atomic E-state index is 5.45. The third kappa shape index (κ3) is 3.90. The van der Waals surface area contributed by atoms with E-state index in [1.807, 2.05) is 0 Å². The second-order valence-corrected chi connectivity index (χ2v) is 7.91. The average Bonchev–Trinajstić information content (AvgIpc) is 2.97. The van der Waals surface area contributed by atoms with Gasteiger partial charge in [0.05, 0.1) is 13.2 Å². The van der Waals surface area contributed by atoms with Crippen LogP contribution in [0.5, 0.6) is 0 Å². The minimum absolute atomic E-state index is 0.879. The number of morpholine rings is 1. The minimum Gasteiger partial charge on any atom is -0.379 e. The van der Waals surface area contributed by atoms with Crippen LogP contribution in [0.25, 0.3) is 0 Å². The molecule has 3 aliphatic rings. The summed E-state index contributed by atoms with van der Waals surface area (Å²) in [6.45, 7) is 10.9. The van der Waals surface area contributed by atoms with Crippen LogP contribution in [-0.2, 0) is 17.8 Å². The molecule has 4 rings (SSSR count). The molecule has 1 aromatic carbocycles. The SMILES string of the molecule is CC1=CC[C@@H]2CN(Cc3cccc(CN4CCOCC4)c3)C[C@@H]2C1. The van der Waals surface area contributed by atoms with Crippen LogP contribution in [0, 0.1) is 11.8 Å². The van der Waals surface area contributed by atoms with E-state index in [4.69, 9.17) is 4.74 Å². The first-order valence-corrected chi connectivity index (χ1v) is 9.52. The monoisotopic (exact) mass is 326 g/mol. The lowest BCUT2D eigenvalue weighted by molar-refractivity contribution is 0.0342.